The van der Waals surface area contributed by atoms with Gasteiger partial charge in [-0.2, -0.15) is 0 Å². The van der Waals surface area contributed by atoms with Gasteiger partial charge < -0.3 is 4.74 Å². The van der Waals surface area contributed by atoms with E-state index >= 15 is 0 Å². The average molecular weight is 379 g/mol. The largest absolute Gasteiger partial charge is 0.457 e. The zero-order valence-electron chi connectivity index (χ0n) is 14.9. The number of benzene rings is 3. The maximum Gasteiger partial charge on any atom is 0.261 e. The Morgan fingerprint density at radius 2 is 1.41 bits per heavy atom. The van der Waals surface area contributed by atoms with Gasteiger partial charge in [0.2, 0.25) is 0 Å². The van der Waals surface area contributed by atoms with Gasteiger partial charge in [0.25, 0.3) is 10.0 Å². The monoisotopic (exact) mass is 379 g/mol. The van der Waals surface area contributed by atoms with Gasteiger partial charge in [0.15, 0.2) is 0 Å². The molecule has 5 heteroatoms. The number of para-hydroxylation sites is 1. The lowest BCUT2D eigenvalue weighted by Crippen LogP contribution is -2.14. The van der Waals surface area contributed by atoms with E-state index in [4.69, 9.17) is 4.74 Å². The lowest BCUT2D eigenvalue weighted by molar-refractivity contribution is 0.483. The highest BCUT2D eigenvalue weighted by Gasteiger charge is 2.18. The van der Waals surface area contributed by atoms with Crippen molar-refractivity contribution in [3.8, 4) is 11.5 Å². The Morgan fingerprint density at radius 3 is 2.15 bits per heavy atom. The third kappa shape index (κ3) is 4.14. The molecule has 138 valence electrons. The topological polar surface area (TPSA) is 55.4 Å². The van der Waals surface area contributed by atoms with E-state index in [9.17, 15) is 8.42 Å². The van der Waals surface area contributed by atoms with E-state index in [1.54, 1.807) is 30.3 Å². The predicted octanol–water partition coefficient (Wildman–Crippen LogP) is 5.16. The van der Waals surface area contributed by atoms with Crippen LogP contribution in [0.2, 0.25) is 0 Å². The Bertz CT molecular complexity index is 1030. The smallest absolute Gasteiger partial charge is 0.261 e. The van der Waals surface area contributed by atoms with Crippen LogP contribution in [0.1, 0.15) is 24.0 Å². The zero-order chi connectivity index (χ0) is 18.7. The van der Waals surface area contributed by atoms with Crippen molar-refractivity contribution < 1.29 is 13.2 Å². The van der Waals surface area contributed by atoms with Crippen LogP contribution in [0.25, 0.3) is 0 Å². The molecule has 4 rings (SSSR count). The van der Waals surface area contributed by atoms with Crippen molar-refractivity contribution in [2.45, 2.75) is 30.6 Å². The Hall–Kier alpha value is -2.79. The van der Waals surface area contributed by atoms with Gasteiger partial charge in [-0.1, -0.05) is 24.3 Å². The molecule has 3 aromatic rings. The van der Waals surface area contributed by atoms with Crippen molar-refractivity contribution in [1.29, 1.82) is 0 Å². The first-order valence-electron chi connectivity index (χ1n) is 9.08. The summed E-state index contributed by atoms with van der Waals surface area (Å²) >= 11 is 0. The summed E-state index contributed by atoms with van der Waals surface area (Å²) in [5, 5.41) is 0. The number of anilines is 1. The van der Waals surface area contributed by atoms with Crippen LogP contribution in [-0.2, 0) is 22.9 Å². The Kier molecular flexibility index (Phi) is 4.86. The number of fused-ring (bicyclic) bond motifs is 1. The molecule has 0 amide bonds. The van der Waals surface area contributed by atoms with Gasteiger partial charge in [0.05, 0.1) is 4.90 Å². The number of hydrogen-bond acceptors (Lipinski definition) is 3. The Morgan fingerprint density at radius 1 is 0.741 bits per heavy atom. The van der Waals surface area contributed by atoms with E-state index in [1.807, 2.05) is 42.5 Å². The summed E-state index contributed by atoms with van der Waals surface area (Å²) in [4.78, 5) is 0.313. The molecule has 0 spiro atoms. The van der Waals surface area contributed by atoms with E-state index in [1.165, 1.54) is 12.0 Å². The van der Waals surface area contributed by atoms with Gasteiger partial charge in [-0.05, 0) is 85.3 Å². The number of rotatable bonds is 5. The molecule has 3 aromatic carbocycles. The van der Waals surface area contributed by atoms with Crippen LogP contribution >= 0.6 is 0 Å². The SMILES string of the molecule is O=S(=O)(Nc1ccc(Oc2ccccc2)cc1)c1ccc2c(c1)CCCC2. The summed E-state index contributed by atoms with van der Waals surface area (Å²) in [7, 11) is -3.61. The quantitative estimate of drug-likeness (QED) is 0.666. The molecule has 4 nitrogen and oxygen atoms in total. The van der Waals surface area contributed by atoms with Gasteiger partial charge in [0.1, 0.15) is 11.5 Å². The molecule has 0 bridgehead atoms. The Balaban J connectivity index is 1.49. The van der Waals surface area contributed by atoms with E-state index in [0.29, 0.717) is 16.3 Å². The standard InChI is InChI=1S/C22H21NO3S/c24-27(25,22-15-10-17-6-4-5-7-18(17)16-22)23-19-11-13-21(14-12-19)26-20-8-2-1-3-9-20/h1-3,8-16,23H,4-7H2. The van der Waals surface area contributed by atoms with E-state index in [2.05, 4.69) is 4.72 Å². The molecule has 0 heterocycles. The van der Waals surface area contributed by atoms with Crippen LogP contribution in [-0.4, -0.2) is 8.42 Å². The fourth-order valence-corrected chi connectivity index (χ4v) is 4.42. The van der Waals surface area contributed by atoms with Crippen LogP contribution in [0.3, 0.4) is 0 Å². The maximum absolute atomic E-state index is 12.7. The molecular formula is C22H21NO3S. The molecule has 0 aromatic heterocycles. The summed E-state index contributed by atoms with van der Waals surface area (Å²) in [6.07, 6.45) is 4.28. The average Bonchev–Trinajstić information content (AvgIpc) is 2.70. The first-order valence-corrected chi connectivity index (χ1v) is 10.6. The minimum Gasteiger partial charge on any atom is -0.457 e. The lowest BCUT2D eigenvalue weighted by atomic mass is 9.92. The maximum atomic E-state index is 12.7. The molecule has 0 saturated carbocycles. The number of ether oxygens (including phenoxy) is 1. The van der Waals surface area contributed by atoms with Crippen LogP contribution in [0.5, 0.6) is 11.5 Å². The fourth-order valence-electron chi connectivity index (χ4n) is 3.31. The van der Waals surface area contributed by atoms with Crippen LogP contribution in [0, 0.1) is 0 Å². The third-order valence-electron chi connectivity index (χ3n) is 4.72. The second-order valence-electron chi connectivity index (χ2n) is 6.68. The highest BCUT2D eigenvalue weighted by Crippen LogP contribution is 2.27. The van der Waals surface area contributed by atoms with Gasteiger partial charge in [-0.25, -0.2) is 8.42 Å². The summed E-state index contributed by atoms with van der Waals surface area (Å²) in [6.45, 7) is 0. The highest BCUT2D eigenvalue weighted by molar-refractivity contribution is 7.92. The van der Waals surface area contributed by atoms with Gasteiger partial charge >= 0.3 is 0 Å². The summed E-state index contributed by atoms with van der Waals surface area (Å²) in [6, 6.07) is 21.8. The summed E-state index contributed by atoms with van der Waals surface area (Å²) < 4.78 is 33.8. The molecule has 1 N–H and O–H groups in total. The van der Waals surface area contributed by atoms with Gasteiger partial charge in [-0.3, -0.25) is 4.72 Å². The van der Waals surface area contributed by atoms with Crippen molar-refractivity contribution in [2.75, 3.05) is 4.72 Å². The Labute approximate surface area is 159 Å². The highest BCUT2D eigenvalue weighted by atomic mass is 32.2. The van der Waals surface area contributed by atoms with E-state index < -0.39 is 10.0 Å². The van der Waals surface area contributed by atoms with Crippen molar-refractivity contribution in [1.82, 2.24) is 0 Å². The van der Waals surface area contributed by atoms with E-state index in [-0.39, 0.29) is 0 Å². The van der Waals surface area contributed by atoms with E-state index in [0.717, 1.165) is 30.6 Å². The number of sulfonamides is 1. The molecular weight excluding hydrogens is 358 g/mol. The van der Waals surface area contributed by atoms with Crippen molar-refractivity contribution in [3.63, 3.8) is 0 Å². The molecule has 1 aliphatic carbocycles. The molecule has 27 heavy (non-hydrogen) atoms. The molecule has 0 unspecified atom stereocenters. The van der Waals surface area contributed by atoms with Crippen molar-refractivity contribution >= 4 is 15.7 Å². The normalized spacial score (nSPS) is 13.6. The first-order chi connectivity index (χ1) is 13.1. The van der Waals surface area contributed by atoms with Gasteiger partial charge in [0, 0.05) is 5.69 Å². The van der Waals surface area contributed by atoms with Crippen molar-refractivity contribution in [3.05, 3.63) is 83.9 Å². The van der Waals surface area contributed by atoms with Crippen LogP contribution in [0.15, 0.2) is 77.7 Å². The molecule has 1 aliphatic rings. The predicted molar refractivity (Wildman–Crippen MR) is 107 cm³/mol. The lowest BCUT2D eigenvalue weighted by Gasteiger charge is -2.17. The zero-order valence-corrected chi connectivity index (χ0v) is 15.7. The third-order valence-corrected chi connectivity index (χ3v) is 6.09. The number of hydrogen-bond donors (Lipinski definition) is 1. The minimum absolute atomic E-state index is 0.313. The van der Waals surface area contributed by atoms with Crippen LogP contribution < -0.4 is 9.46 Å². The first kappa shape index (κ1) is 17.6. The fraction of sp³-hybridized carbons (Fsp3) is 0.182. The summed E-state index contributed by atoms with van der Waals surface area (Å²) in [5.41, 5.74) is 2.92. The minimum atomic E-state index is -3.61. The van der Waals surface area contributed by atoms with Gasteiger partial charge in [-0.15, -0.1) is 0 Å². The van der Waals surface area contributed by atoms with Crippen LogP contribution in [0.4, 0.5) is 5.69 Å². The molecule has 0 radical (unpaired) electrons. The van der Waals surface area contributed by atoms with Crippen molar-refractivity contribution in [2.24, 2.45) is 0 Å². The summed E-state index contributed by atoms with van der Waals surface area (Å²) in [5.74, 6) is 1.39. The molecule has 0 fully saturated rings. The number of nitrogens with one attached hydrogen (secondary N) is 1. The second kappa shape index (κ2) is 7.45. The number of aryl methyl sites for hydroxylation is 2. The molecule has 0 saturated heterocycles. The molecule has 0 aliphatic heterocycles. The second-order valence-corrected chi connectivity index (χ2v) is 8.37. The molecule has 0 atom stereocenters.